The quantitative estimate of drug-likeness (QED) is 0.848. The van der Waals surface area contributed by atoms with Gasteiger partial charge in [0, 0.05) is 5.02 Å². The fourth-order valence-electron chi connectivity index (χ4n) is 2.49. The number of halogens is 1. The Labute approximate surface area is 138 Å². The van der Waals surface area contributed by atoms with E-state index in [1.54, 1.807) is 12.1 Å². The predicted molar refractivity (Wildman–Crippen MR) is 88.0 cm³/mol. The zero-order chi connectivity index (χ0) is 16.4. The summed E-state index contributed by atoms with van der Waals surface area (Å²) in [6.07, 6.45) is 1.72. The van der Waals surface area contributed by atoms with Crippen LogP contribution in [0.25, 0.3) is 5.57 Å². The summed E-state index contributed by atoms with van der Waals surface area (Å²) in [4.78, 5) is 22.9. The molecular weight excluding hydrogens is 314 g/mol. The number of carbonyl (C=O) groups excluding carboxylic acids is 2. The van der Waals surface area contributed by atoms with Crippen molar-refractivity contribution in [2.24, 2.45) is 0 Å². The van der Waals surface area contributed by atoms with Gasteiger partial charge in [0.25, 0.3) is 11.8 Å². The number of benzene rings is 2. The average molecular weight is 328 g/mol. The lowest BCUT2D eigenvalue weighted by Gasteiger charge is -2.05. The largest absolute Gasteiger partial charge is 0.502 e. The third kappa shape index (κ3) is 3.27. The molecule has 0 spiro atoms. The molecule has 0 fully saturated rings. The van der Waals surface area contributed by atoms with Crippen LogP contribution in [0.15, 0.2) is 54.3 Å². The summed E-state index contributed by atoms with van der Waals surface area (Å²) >= 11 is 5.86. The normalized spacial score (nSPS) is 14.3. The summed E-state index contributed by atoms with van der Waals surface area (Å²) in [7, 11) is 0. The molecule has 0 saturated heterocycles. The minimum absolute atomic E-state index is 0.0271. The highest BCUT2D eigenvalue weighted by Gasteiger charge is 2.30. The van der Waals surface area contributed by atoms with Crippen molar-refractivity contribution < 1.29 is 14.7 Å². The first-order valence-corrected chi connectivity index (χ1v) is 7.55. The van der Waals surface area contributed by atoms with Gasteiger partial charge in [-0.1, -0.05) is 48.0 Å². The Kier molecular flexibility index (Phi) is 4.17. The number of amides is 2. The first-order valence-electron chi connectivity index (χ1n) is 7.17. The number of aliphatic hydroxyl groups excluding tert-OH is 1. The molecule has 0 saturated carbocycles. The van der Waals surface area contributed by atoms with Crippen LogP contribution in [0.3, 0.4) is 0 Å². The van der Waals surface area contributed by atoms with Gasteiger partial charge in [-0.3, -0.25) is 14.9 Å². The third-order valence-electron chi connectivity index (χ3n) is 3.76. The van der Waals surface area contributed by atoms with Crippen molar-refractivity contribution in [3.05, 3.63) is 76.0 Å². The van der Waals surface area contributed by atoms with E-state index >= 15 is 0 Å². The molecule has 2 aromatic rings. The van der Waals surface area contributed by atoms with E-state index in [4.69, 9.17) is 11.6 Å². The van der Waals surface area contributed by atoms with Crippen molar-refractivity contribution in [2.45, 2.75) is 12.8 Å². The molecule has 2 N–H and O–H groups in total. The molecule has 0 bridgehead atoms. The minimum Gasteiger partial charge on any atom is -0.502 e. The lowest BCUT2D eigenvalue weighted by Crippen LogP contribution is -2.22. The van der Waals surface area contributed by atoms with Gasteiger partial charge in [-0.25, -0.2) is 0 Å². The number of carbonyl (C=O) groups is 2. The summed E-state index contributed by atoms with van der Waals surface area (Å²) in [6.45, 7) is 0. The van der Waals surface area contributed by atoms with Crippen LogP contribution >= 0.6 is 11.6 Å². The number of aryl methyl sites for hydroxylation is 2. The van der Waals surface area contributed by atoms with Crippen LogP contribution in [-0.2, 0) is 22.4 Å². The van der Waals surface area contributed by atoms with Crippen molar-refractivity contribution in [1.29, 1.82) is 0 Å². The molecule has 0 radical (unpaired) electrons. The molecule has 2 amide bonds. The van der Waals surface area contributed by atoms with Crippen LogP contribution < -0.4 is 5.32 Å². The monoisotopic (exact) mass is 327 g/mol. The minimum atomic E-state index is -0.753. The Bertz CT molecular complexity index is 792. The molecule has 0 atom stereocenters. The number of hydrogen-bond donors (Lipinski definition) is 2. The molecule has 1 heterocycles. The van der Waals surface area contributed by atoms with E-state index in [-0.39, 0.29) is 5.57 Å². The lowest BCUT2D eigenvalue weighted by molar-refractivity contribution is -0.124. The van der Waals surface area contributed by atoms with E-state index in [1.165, 1.54) is 5.56 Å². The van der Waals surface area contributed by atoms with Gasteiger partial charge >= 0.3 is 0 Å². The molecule has 5 heteroatoms. The second-order valence-electron chi connectivity index (χ2n) is 5.33. The summed E-state index contributed by atoms with van der Waals surface area (Å²) in [5.41, 5.74) is 2.86. The van der Waals surface area contributed by atoms with Gasteiger partial charge in [0.05, 0.1) is 5.57 Å². The molecule has 23 heavy (non-hydrogen) atoms. The number of imide groups is 1. The Morgan fingerprint density at radius 3 is 1.83 bits per heavy atom. The van der Waals surface area contributed by atoms with Crippen LogP contribution in [0.2, 0.25) is 5.02 Å². The van der Waals surface area contributed by atoms with E-state index in [2.05, 4.69) is 5.32 Å². The van der Waals surface area contributed by atoms with Gasteiger partial charge in [0.15, 0.2) is 5.76 Å². The Balaban J connectivity index is 1.71. The van der Waals surface area contributed by atoms with Crippen LogP contribution in [0.4, 0.5) is 0 Å². The fraction of sp³-hybridized carbons (Fsp3) is 0.111. The molecule has 1 aliphatic heterocycles. The molecular formula is C18H14ClNO3. The van der Waals surface area contributed by atoms with Crippen LogP contribution in [0.1, 0.15) is 16.7 Å². The topological polar surface area (TPSA) is 66.4 Å². The summed E-state index contributed by atoms with van der Waals surface area (Å²) in [5.74, 6) is -1.85. The van der Waals surface area contributed by atoms with Crippen molar-refractivity contribution in [3.8, 4) is 0 Å². The first kappa shape index (κ1) is 15.3. The predicted octanol–water partition coefficient (Wildman–Crippen LogP) is 3.05. The first-order chi connectivity index (χ1) is 11.0. The summed E-state index contributed by atoms with van der Waals surface area (Å²) in [6, 6.07) is 15.0. The van der Waals surface area contributed by atoms with Crippen molar-refractivity contribution in [3.63, 3.8) is 0 Å². The van der Waals surface area contributed by atoms with Crippen molar-refractivity contribution >= 4 is 29.0 Å². The maximum Gasteiger partial charge on any atom is 0.293 e. The second-order valence-corrected chi connectivity index (χ2v) is 5.77. The van der Waals surface area contributed by atoms with E-state index < -0.39 is 17.6 Å². The second kappa shape index (κ2) is 6.26. The maximum atomic E-state index is 11.7. The molecule has 0 aromatic heterocycles. The molecule has 116 valence electrons. The molecule has 4 nitrogen and oxygen atoms in total. The smallest absolute Gasteiger partial charge is 0.293 e. The lowest BCUT2D eigenvalue weighted by atomic mass is 10.00. The number of hydrogen-bond acceptors (Lipinski definition) is 3. The summed E-state index contributed by atoms with van der Waals surface area (Å²) in [5, 5.41) is 12.4. The van der Waals surface area contributed by atoms with Gasteiger partial charge in [-0.2, -0.15) is 0 Å². The highest BCUT2D eigenvalue weighted by atomic mass is 35.5. The Morgan fingerprint density at radius 1 is 0.826 bits per heavy atom. The SMILES string of the molecule is O=C1NC(=O)C(c2ccc(CCc3ccc(Cl)cc3)cc2)=C1O. The Morgan fingerprint density at radius 2 is 1.35 bits per heavy atom. The van der Waals surface area contributed by atoms with Gasteiger partial charge < -0.3 is 5.11 Å². The van der Waals surface area contributed by atoms with Crippen LogP contribution in [0, 0.1) is 0 Å². The van der Waals surface area contributed by atoms with Crippen LogP contribution in [0.5, 0.6) is 0 Å². The van der Waals surface area contributed by atoms with Crippen molar-refractivity contribution in [1.82, 2.24) is 5.32 Å². The van der Waals surface area contributed by atoms with Gasteiger partial charge in [-0.15, -0.1) is 0 Å². The molecule has 0 unspecified atom stereocenters. The highest BCUT2D eigenvalue weighted by Crippen LogP contribution is 2.23. The Hall–Kier alpha value is -2.59. The number of nitrogens with one attached hydrogen (secondary N) is 1. The standard InChI is InChI=1S/C18H14ClNO3/c19-14-9-5-12(6-10-14)2-1-11-3-7-13(8-4-11)15-16(21)18(23)20-17(15)22/h3-10H,1-2H2,(H2,20,21,22,23). The van der Waals surface area contributed by atoms with E-state index in [9.17, 15) is 14.7 Å². The zero-order valence-electron chi connectivity index (χ0n) is 12.2. The van der Waals surface area contributed by atoms with Gasteiger partial charge in [-0.05, 0) is 41.7 Å². The molecule has 0 aliphatic carbocycles. The van der Waals surface area contributed by atoms with Gasteiger partial charge in [0.2, 0.25) is 0 Å². The molecule has 2 aromatic carbocycles. The average Bonchev–Trinajstić information content (AvgIpc) is 2.80. The van der Waals surface area contributed by atoms with Gasteiger partial charge in [0.1, 0.15) is 0 Å². The van der Waals surface area contributed by atoms with E-state index in [0.29, 0.717) is 5.56 Å². The number of rotatable bonds is 4. The zero-order valence-corrected chi connectivity index (χ0v) is 12.9. The van der Waals surface area contributed by atoms with E-state index in [1.807, 2.05) is 36.4 Å². The fourth-order valence-corrected chi connectivity index (χ4v) is 2.62. The molecule has 1 aliphatic rings. The van der Waals surface area contributed by atoms with Crippen molar-refractivity contribution in [2.75, 3.05) is 0 Å². The van der Waals surface area contributed by atoms with Crippen LogP contribution in [-0.4, -0.2) is 16.9 Å². The number of aliphatic hydroxyl groups is 1. The maximum absolute atomic E-state index is 11.7. The third-order valence-corrected chi connectivity index (χ3v) is 4.02. The van der Waals surface area contributed by atoms with E-state index in [0.717, 1.165) is 23.4 Å². The highest BCUT2D eigenvalue weighted by molar-refractivity contribution is 6.35. The molecule has 3 rings (SSSR count). The summed E-state index contributed by atoms with van der Waals surface area (Å²) < 4.78 is 0.